The molecule has 6 nitrogen and oxygen atoms in total. The van der Waals surface area contributed by atoms with Gasteiger partial charge in [-0.1, -0.05) is 37.1 Å². The molecule has 0 saturated carbocycles. The lowest BCUT2D eigenvalue weighted by molar-refractivity contribution is 0.0960. The van der Waals surface area contributed by atoms with Crippen molar-refractivity contribution in [1.29, 1.82) is 0 Å². The molecule has 1 heterocycles. The molecule has 1 aromatic heterocycles. The Morgan fingerprint density at radius 2 is 1.48 bits per heavy atom. The largest absolute Gasteiger partial charge is 0.494 e. The summed E-state index contributed by atoms with van der Waals surface area (Å²) in [6, 6.07) is 0. The van der Waals surface area contributed by atoms with E-state index in [1.54, 1.807) is 12.2 Å². The minimum atomic E-state index is -0.737. The third kappa shape index (κ3) is 5.31. The van der Waals surface area contributed by atoms with Crippen LogP contribution in [0.2, 0.25) is 0 Å². The Labute approximate surface area is 148 Å². The average molecular weight is 348 g/mol. The molecule has 0 radical (unpaired) electrons. The summed E-state index contributed by atoms with van der Waals surface area (Å²) in [5, 5.41) is 10.4. The van der Waals surface area contributed by atoms with Crippen LogP contribution in [-0.4, -0.2) is 20.0 Å². The fourth-order valence-corrected chi connectivity index (χ4v) is 2.28. The zero-order valence-corrected chi connectivity index (χ0v) is 15.9. The lowest BCUT2D eigenvalue weighted by Crippen LogP contribution is -2.42. The highest BCUT2D eigenvalue weighted by molar-refractivity contribution is 5.97. The Bertz CT molecular complexity index is 815. The van der Waals surface area contributed by atoms with E-state index < -0.39 is 22.9 Å². The van der Waals surface area contributed by atoms with Crippen LogP contribution < -0.4 is 11.2 Å². The molecular formula is C19H28N2O4. The highest BCUT2D eigenvalue weighted by atomic mass is 16.3. The van der Waals surface area contributed by atoms with E-state index in [1.807, 2.05) is 41.5 Å². The highest BCUT2D eigenvalue weighted by Gasteiger charge is 2.24. The number of hydrogen-bond acceptors (Lipinski definition) is 4. The Morgan fingerprint density at radius 1 is 1.00 bits per heavy atom. The van der Waals surface area contributed by atoms with Crippen LogP contribution in [0.15, 0.2) is 32.9 Å². The molecule has 0 aromatic carbocycles. The minimum absolute atomic E-state index is 0.0377. The maximum absolute atomic E-state index is 12.7. The van der Waals surface area contributed by atoms with Crippen LogP contribution >= 0.6 is 0 Å². The van der Waals surface area contributed by atoms with Gasteiger partial charge in [0.25, 0.3) is 5.56 Å². The molecule has 1 rings (SSSR count). The lowest BCUT2D eigenvalue weighted by Gasteiger charge is -2.14. The first-order valence-electron chi connectivity index (χ1n) is 8.42. The normalized spacial score (nSPS) is 10.7. The second-order valence-corrected chi connectivity index (χ2v) is 7.09. The molecule has 1 N–H and O–H groups in total. The fourth-order valence-electron chi connectivity index (χ4n) is 2.28. The summed E-state index contributed by atoms with van der Waals surface area (Å²) < 4.78 is 2.07. The third-order valence-electron chi connectivity index (χ3n) is 3.64. The number of allylic oxidation sites excluding steroid dienone is 4. The van der Waals surface area contributed by atoms with Crippen molar-refractivity contribution in [2.45, 2.75) is 61.1 Å². The van der Waals surface area contributed by atoms with Gasteiger partial charge in [-0.15, -0.1) is 0 Å². The molecular weight excluding hydrogens is 320 g/mol. The second-order valence-electron chi connectivity index (χ2n) is 7.09. The predicted molar refractivity (Wildman–Crippen MR) is 99.3 cm³/mol. The van der Waals surface area contributed by atoms with Crippen LogP contribution in [0.25, 0.3) is 0 Å². The number of Topliss-reactive ketones (excluding diaryl/α,β-unsaturated/α-hetero) is 1. The number of carbonyl (C=O) groups is 1. The minimum Gasteiger partial charge on any atom is -0.494 e. The molecule has 0 amide bonds. The molecule has 138 valence electrons. The smallest absolute Gasteiger partial charge is 0.334 e. The molecule has 25 heavy (non-hydrogen) atoms. The first kappa shape index (κ1) is 20.7. The number of hydrogen-bond donors (Lipinski definition) is 1. The molecule has 0 saturated heterocycles. The average Bonchev–Trinajstić information content (AvgIpc) is 2.45. The molecule has 6 heteroatoms. The third-order valence-corrected chi connectivity index (χ3v) is 3.64. The van der Waals surface area contributed by atoms with E-state index >= 15 is 0 Å². The lowest BCUT2D eigenvalue weighted by atomic mass is 10.0. The van der Waals surface area contributed by atoms with Gasteiger partial charge in [0.05, 0.1) is 0 Å². The summed E-state index contributed by atoms with van der Waals surface area (Å²) in [4.78, 5) is 37.8. The van der Waals surface area contributed by atoms with Crippen LogP contribution in [0.4, 0.5) is 0 Å². The van der Waals surface area contributed by atoms with E-state index in [-0.39, 0.29) is 31.0 Å². The van der Waals surface area contributed by atoms with Gasteiger partial charge in [-0.2, -0.15) is 0 Å². The first-order valence-corrected chi connectivity index (χ1v) is 8.42. The number of ketones is 1. The maximum Gasteiger partial charge on any atom is 0.334 e. The van der Waals surface area contributed by atoms with Crippen LogP contribution in [0.3, 0.4) is 0 Å². The number of aromatic hydroxyl groups is 1. The monoisotopic (exact) mass is 348 g/mol. The summed E-state index contributed by atoms with van der Waals surface area (Å²) >= 11 is 0. The summed E-state index contributed by atoms with van der Waals surface area (Å²) in [6.45, 7) is 11.3. The summed E-state index contributed by atoms with van der Waals surface area (Å²) in [5.74, 6) is -0.961. The van der Waals surface area contributed by atoms with Gasteiger partial charge >= 0.3 is 5.69 Å². The Kier molecular flexibility index (Phi) is 7.15. The first-order chi connectivity index (χ1) is 11.6. The molecule has 0 aliphatic heterocycles. The van der Waals surface area contributed by atoms with Gasteiger partial charge in [0.1, 0.15) is 5.56 Å². The van der Waals surface area contributed by atoms with Crippen LogP contribution in [0.5, 0.6) is 5.88 Å². The standard InChI is InChI=1S/C19H28N2O4/c1-12(2)7-9-20-17(23)16(15(22)11-14(5)6)18(24)21(19(20)25)10-8-13(3)4/h7-8,14,23H,9-11H2,1-6H3. The Balaban J connectivity index is 3.67. The topological polar surface area (TPSA) is 81.3 Å². The number of carbonyl (C=O) groups excluding carboxylic acids is 1. The van der Waals surface area contributed by atoms with Crippen LogP contribution in [-0.2, 0) is 13.1 Å². The van der Waals surface area contributed by atoms with E-state index in [0.29, 0.717) is 0 Å². The van der Waals surface area contributed by atoms with Crippen LogP contribution in [0.1, 0.15) is 58.3 Å². The fraction of sp³-hybridized carbons (Fsp3) is 0.526. The van der Waals surface area contributed by atoms with Crippen molar-refractivity contribution < 1.29 is 9.90 Å². The van der Waals surface area contributed by atoms with Gasteiger partial charge in [0.15, 0.2) is 5.78 Å². The Morgan fingerprint density at radius 3 is 1.92 bits per heavy atom. The number of aromatic nitrogens is 2. The van der Waals surface area contributed by atoms with E-state index in [0.717, 1.165) is 20.3 Å². The molecule has 1 aromatic rings. The van der Waals surface area contributed by atoms with Crippen molar-refractivity contribution in [3.8, 4) is 5.88 Å². The molecule has 0 aliphatic rings. The van der Waals surface area contributed by atoms with Gasteiger partial charge in [0.2, 0.25) is 5.88 Å². The molecule has 0 bridgehead atoms. The zero-order valence-electron chi connectivity index (χ0n) is 15.9. The summed E-state index contributed by atoms with van der Waals surface area (Å²) in [7, 11) is 0. The van der Waals surface area contributed by atoms with E-state index in [2.05, 4.69) is 0 Å². The summed E-state index contributed by atoms with van der Waals surface area (Å²) in [5.41, 5.74) is 0.240. The summed E-state index contributed by atoms with van der Waals surface area (Å²) in [6.07, 6.45) is 3.63. The SMILES string of the molecule is CC(C)=CCn1c(O)c(C(=O)CC(C)C)c(=O)n(CC=C(C)C)c1=O. The van der Waals surface area contributed by atoms with Crippen molar-refractivity contribution in [2.24, 2.45) is 5.92 Å². The molecule has 0 unspecified atom stereocenters. The van der Waals surface area contributed by atoms with Gasteiger partial charge in [-0.3, -0.25) is 18.7 Å². The number of nitrogens with zero attached hydrogens (tertiary/aromatic N) is 2. The van der Waals surface area contributed by atoms with Crippen molar-refractivity contribution >= 4 is 5.78 Å². The molecule has 0 spiro atoms. The quantitative estimate of drug-likeness (QED) is 0.607. The van der Waals surface area contributed by atoms with Gasteiger partial charge in [-0.05, 0) is 33.6 Å². The van der Waals surface area contributed by atoms with Crippen molar-refractivity contribution in [3.63, 3.8) is 0 Å². The van der Waals surface area contributed by atoms with E-state index in [9.17, 15) is 19.5 Å². The van der Waals surface area contributed by atoms with Gasteiger partial charge < -0.3 is 5.11 Å². The number of rotatable bonds is 7. The molecule has 0 aliphatic carbocycles. The van der Waals surface area contributed by atoms with Crippen molar-refractivity contribution in [3.05, 3.63) is 49.7 Å². The molecule has 0 fully saturated rings. The zero-order chi connectivity index (χ0) is 19.3. The van der Waals surface area contributed by atoms with E-state index in [4.69, 9.17) is 0 Å². The molecule has 0 atom stereocenters. The highest BCUT2D eigenvalue weighted by Crippen LogP contribution is 2.16. The van der Waals surface area contributed by atoms with Gasteiger partial charge in [0, 0.05) is 19.5 Å². The Hall–Kier alpha value is -2.37. The maximum atomic E-state index is 12.7. The van der Waals surface area contributed by atoms with Crippen molar-refractivity contribution in [1.82, 2.24) is 9.13 Å². The van der Waals surface area contributed by atoms with Crippen LogP contribution in [0, 0.1) is 5.92 Å². The van der Waals surface area contributed by atoms with Gasteiger partial charge in [-0.25, -0.2) is 4.79 Å². The predicted octanol–water partition coefficient (Wildman–Crippen LogP) is 2.88. The van der Waals surface area contributed by atoms with Crippen molar-refractivity contribution in [2.75, 3.05) is 0 Å². The second kappa shape index (κ2) is 8.65. The van der Waals surface area contributed by atoms with E-state index in [1.165, 1.54) is 0 Å².